The van der Waals surface area contributed by atoms with Crippen molar-refractivity contribution in [2.24, 2.45) is 13.0 Å². The Hall–Kier alpha value is -2.31. The van der Waals surface area contributed by atoms with Crippen LogP contribution in [0.2, 0.25) is 0 Å². The Balaban J connectivity index is 3.00. The standard InChI is InChI=1S/C16H18F5N5O2S/c1-6(2)5-7-8(15(27)28-4)10(13(17)18)22-12(16(19,20)21)9(7)11(29)14-23-24-25-26(14)3/h6,11,13,29H,5H2,1-4H3. The van der Waals surface area contributed by atoms with Gasteiger partial charge in [-0.15, -0.1) is 5.10 Å². The molecule has 2 rings (SSSR count). The Bertz CT molecular complexity index is 901. The van der Waals surface area contributed by atoms with Crippen molar-refractivity contribution < 1.29 is 31.5 Å². The summed E-state index contributed by atoms with van der Waals surface area (Å²) in [5.41, 5.74) is -4.39. The number of alkyl halides is 5. The van der Waals surface area contributed by atoms with Crippen LogP contribution in [0.1, 0.15) is 64.2 Å². The van der Waals surface area contributed by atoms with Gasteiger partial charge in [-0.25, -0.2) is 23.2 Å². The van der Waals surface area contributed by atoms with Crippen LogP contribution in [0.25, 0.3) is 0 Å². The van der Waals surface area contributed by atoms with Gasteiger partial charge in [0.15, 0.2) is 5.82 Å². The first-order chi connectivity index (χ1) is 13.4. The maximum Gasteiger partial charge on any atom is 0.433 e. The van der Waals surface area contributed by atoms with Crippen LogP contribution in [0, 0.1) is 5.92 Å². The Morgan fingerprint density at radius 1 is 1.28 bits per heavy atom. The summed E-state index contributed by atoms with van der Waals surface area (Å²) in [6, 6.07) is 0. The number of carbonyl (C=O) groups excluding carboxylic acids is 1. The summed E-state index contributed by atoms with van der Waals surface area (Å²) in [6.45, 7) is 3.33. The molecule has 0 saturated carbocycles. The molecule has 0 amide bonds. The molecule has 1 unspecified atom stereocenters. The highest BCUT2D eigenvalue weighted by Crippen LogP contribution is 2.43. The van der Waals surface area contributed by atoms with E-state index in [1.807, 2.05) is 0 Å². The average molecular weight is 439 g/mol. The molecule has 2 aromatic rings. The molecule has 0 saturated heterocycles. The number of thiol groups is 1. The van der Waals surface area contributed by atoms with Crippen LogP contribution < -0.4 is 0 Å². The summed E-state index contributed by atoms with van der Waals surface area (Å²) in [7, 11) is 2.33. The van der Waals surface area contributed by atoms with Crippen molar-refractivity contribution in [2.45, 2.75) is 38.1 Å². The Morgan fingerprint density at radius 3 is 2.31 bits per heavy atom. The van der Waals surface area contributed by atoms with E-state index < -0.39 is 46.3 Å². The van der Waals surface area contributed by atoms with Gasteiger partial charge >= 0.3 is 12.1 Å². The number of esters is 1. The molecule has 0 aliphatic rings. The summed E-state index contributed by atoms with van der Waals surface area (Å²) in [5.74, 6) is -1.58. The number of pyridine rings is 1. The second-order valence-electron chi connectivity index (χ2n) is 6.56. The lowest BCUT2D eigenvalue weighted by Gasteiger charge is -2.24. The van der Waals surface area contributed by atoms with Crippen molar-refractivity contribution in [1.29, 1.82) is 0 Å². The minimum absolute atomic E-state index is 0.0775. The van der Waals surface area contributed by atoms with Crippen molar-refractivity contribution >= 4 is 18.6 Å². The van der Waals surface area contributed by atoms with E-state index in [9.17, 15) is 26.7 Å². The van der Waals surface area contributed by atoms with Crippen LogP contribution in [0.15, 0.2) is 0 Å². The predicted molar refractivity (Wildman–Crippen MR) is 93.7 cm³/mol. The summed E-state index contributed by atoms with van der Waals surface area (Å²) in [6.07, 6.45) is -8.65. The van der Waals surface area contributed by atoms with Gasteiger partial charge in [0, 0.05) is 12.6 Å². The van der Waals surface area contributed by atoms with Crippen LogP contribution in [0.3, 0.4) is 0 Å². The van der Waals surface area contributed by atoms with Crippen LogP contribution in [0.5, 0.6) is 0 Å². The highest BCUT2D eigenvalue weighted by molar-refractivity contribution is 7.80. The number of halogens is 5. The molecule has 0 N–H and O–H groups in total. The third-order valence-corrected chi connectivity index (χ3v) is 4.51. The van der Waals surface area contributed by atoms with Gasteiger partial charge in [-0.3, -0.25) is 0 Å². The fourth-order valence-electron chi connectivity index (χ4n) is 2.88. The molecule has 0 spiro atoms. The molecule has 7 nitrogen and oxygen atoms in total. The van der Waals surface area contributed by atoms with Gasteiger partial charge in [-0.2, -0.15) is 25.8 Å². The first-order valence-corrected chi connectivity index (χ1v) is 8.82. The number of hydrogen-bond acceptors (Lipinski definition) is 7. The maximum atomic E-state index is 13.8. The number of nitrogens with zero attached hydrogens (tertiary/aromatic N) is 5. The van der Waals surface area contributed by atoms with Crippen molar-refractivity contribution in [3.05, 3.63) is 33.9 Å². The molecule has 0 radical (unpaired) electrons. The fourth-order valence-corrected chi connectivity index (χ4v) is 3.38. The Kier molecular flexibility index (Phi) is 6.81. The molecule has 1 atom stereocenters. The fraction of sp³-hybridized carbons (Fsp3) is 0.562. The lowest BCUT2D eigenvalue weighted by Crippen LogP contribution is -2.24. The van der Waals surface area contributed by atoms with E-state index in [4.69, 9.17) is 0 Å². The number of ether oxygens (including phenoxy) is 1. The number of methoxy groups -OCH3 is 1. The first kappa shape index (κ1) is 23.0. The van der Waals surface area contributed by atoms with Crippen LogP contribution in [0.4, 0.5) is 22.0 Å². The SMILES string of the molecule is COC(=O)c1c(C(F)F)nc(C(F)(F)F)c(C(S)c2nnnn2C)c1CC(C)C. The molecule has 0 aliphatic carbocycles. The molecule has 29 heavy (non-hydrogen) atoms. The zero-order chi connectivity index (χ0) is 22.1. The third-order valence-electron chi connectivity index (χ3n) is 4.02. The van der Waals surface area contributed by atoms with Crippen LogP contribution in [-0.2, 0) is 24.4 Å². The van der Waals surface area contributed by atoms with Crippen LogP contribution >= 0.6 is 12.6 Å². The quantitative estimate of drug-likeness (QED) is 0.421. The van der Waals surface area contributed by atoms with E-state index in [0.29, 0.717) is 0 Å². The normalized spacial score (nSPS) is 13.2. The Morgan fingerprint density at radius 2 is 1.90 bits per heavy atom. The number of rotatable bonds is 6. The zero-order valence-electron chi connectivity index (χ0n) is 15.8. The minimum atomic E-state index is -5.09. The summed E-state index contributed by atoms with van der Waals surface area (Å²) in [5, 5.41) is 9.20. The molecule has 0 fully saturated rings. The smallest absolute Gasteiger partial charge is 0.433 e. The third kappa shape index (κ3) is 4.65. The van der Waals surface area contributed by atoms with E-state index >= 15 is 0 Å². The first-order valence-electron chi connectivity index (χ1n) is 8.30. The number of carbonyl (C=O) groups is 1. The van der Waals surface area contributed by atoms with E-state index in [1.165, 1.54) is 7.05 Å². The predicted octanol–water partition coefficient (Wildman–Crippen LogP) is 3.57. The van der Waals surface area contributed by atoms with Gasteiger partial charge < -0.3 is 4.74 Å². The minimum Gasteiger partial charge on any atom is -0.465 e. The van der Waals surface area contributed by atoms with E-state index in [1.54, 1.807) is 13.8 Å². The molecule has 2 aromatic heterocycles. The van der Waals surface area contributed by atoms with Crippen molar-refractivity contribution in [3.8, 4) is 0 Å². The van der Waals surface area contributed by atoms with E-state index in [2.05, 4.69) is 37.9 Å². The number of aromatic nitrogens is 5. The summed E-state index contributed by atoms with van der Waals surface area (Å²) in [4.78, 5) is 15.4. The maximum absolute atomic E-state index is 13.8. The number of aryl methyl sites for hydroxylation is 1. The molecule has 0 aliphatic heterocycles. The number of tetrazole rings is 1. The van der Waals surface area contributed by atoms with Crippen molar-refractivity contribution in [1.82, 2.24) is 25.2 Å². The highest BCUT2D eigenvalue weighted by atomic mass is 32.1. The van der Waals surface area contributed by atoms with Gasteiger partial charge in [-0.1, -0.05) is 13.8 Å². The molecular weight excluding hydrogens is 421 g/mol. The number of hydrogen-bond donors (Lipinski definition) is 1. The molecule has 0 bridgehead atoms. The monoisotopic (exact) mass is 439 g/mol. The highest BCUT2D eigenvalue weighted by Gasteiger charge is 2.43. The largest absolute Gasteiger partial charge is 0.465 e. The van der Waals surface area contributed by atoms with Gasteiger partial charge in [-0.05, 0) is 28.3 Å². The van der Waals surface area contributed by atoms with Crippen LogP contribution in [-0.4, -0.2) is 38.3 Å². The zero-order valence-corrected chi connectivity index (χ0v) is 16.7. The average Bonchev–Trinajstić information content (AvgIpc) is 3.04. The van der Waals surface area contributed by atoms with E-state index in [0.717, 1.165) is 11.8 Å². The summed E-state index contributed by atoms with van der Waals surface area (Å²) >= 11 is 4.23. The lowest BCUT2D eigenvalue weighted by molar-refractivity contribution is -0.142. The van der Waals surface area contributed by atoms with E-state index in [-0.39, 0.29) is 23.7 Å². The lowest BCUT2D eigenvalue weighted by atomic mass is 9.89. The Labute approximate surface area is 168 Å². The molecule has 2 heterocycles. The molecule has 13 heteroatoms. The van der Waals surface area contributed by atoms with Gasteiger partial charge in [0.05, 0.1) is 17.9 Å². The molecule has 160 valence electrons. The summed E-state index contributed by atoms with van der Waals surface area (Å²) < 4.78 is 74.3. The van der Waals surface area contributed by atoms with Gasteiger partial charge in [0.2, 0.25) is 0 Å². The second kappa shape index (κ2) is 8.59. The second-order valence-corrected chi connectivity index (χ2v) is 7.08. The van der Waals surface area contributed by atoms with Crippen molar-refractivity contribution in [3.63, 3.8) is 0 Å². The molecule has 0 aromatic carbocycles. The van der Waals surface area contributed by atoms with Crippen molar-refractivity contribution in [2.75, 3.05) is 7.11 Å². The van der Waals surface area contributed by atoms with Gasteiger partial charge in [0.25, 0.3) is 6.43 Å². The topological polar surface area (TPSA) is 82.8 Å². The molecular formula is C16H18F5N5O2S. The van der Waals surface area contributed by atoms with Gasteiger partial charge in [0.1, 0.15) is 11.4 Å².